The molecule has 2 aromatic rings. The van der Waals surface area contributed by atoms with E-state index in [4.69, 9.17) is 39.2 Å². The van der Waals surface area contributed by atoms with Crippen molar-refractivity contribution in [2.24, 2.45) is 0 Å². The molecule has 0 atom stereocenters. The Kier molecular flexibility index (Phi) is 3.15. The number of fused-ring (bicyclic) bond motifs is 1. The summed E-state index contributed by atoms with van der Waals surface area (Å²) in [5, 5.41) is 1.60. The number of benzene rings is 1. The van der Waals surface area contributed by atoms with E-state index < -0.39 is 0 Å². The first-order valence-corrected chi connectivity index (χ1v) is 5.78. The lowest BCUT2D eigenvalue weighted by molar-refractivity contribution is 0.0963. The number of carbonyl (C=O) groups excluding carboxylic acids is 1. The van der Waals surface area contributed by atoms with Gasteiger partial charge in [-0.2, -0.15) is 0 Å². The van der Waals surface area contributed by atoms with Crippen molar-refractivity contribution in [2.45, 2.75) is 13.3 Å². The van der Waals surface area contributed by atoms with E-state index in [-0.39, 0.29) is 11.5 Å². The first kappa shape index (κ1) is 11.8. The topological polar surface area (TPSA) is 30.2 Å². The average Bonchev–Trinajstić information content (AvgIpc) is 2.70. The second-order valence-corrected chi connectivity index (χ2v) is 4.48. The van der Waals surface area contributed by atoms with Gasteiger partial charge in [-0.3, -0.25) is 4.79 Å². The summed E-state index contributed by atoms with van der Waals surface area (Å²) >= 11 is 17.8. The van der Waals surface area contributed by atoms with E-state index in [0.29, 0.717) is 32.5 Å². The van der Waals surface area contributed by atoms with Crippen LogP contribution in [0, 0.1) is 0 Å². The van der Waals surface area contributed by atoms with Gasteiger partial charge in [-0.05, 0) is 12.1 Å². The van der Waals surface area contributed by atoms with Crippen molar-refractivity contribution in [1.82, 2.24) is 0 Å². The maximum atomic E-state index is 11.5. The van der Waals surface area contributed by atoms with Gasteiger partial charge in [0.1, 0.15) is 0 Å². The van der Waals surface area contributed by atoms with Crippen molar-refractivity contribution in [1.29, 1.82) is 0 Å². The predicted molar refractivity (Wildman–Crippen MR) is 65.9 cm³/mol. The summed E-state index contributed by atoms with van der Waals surface area (Å²) in [7, 11) is 0. The van der Waals surface area contributed by atoms with Gasteiger partial charge in [-0.25, -0.2) is 0 Å². The van der Waals surface area contributed by atoms with Gasteiger partial charge in [0, 0.05) is 11.8 Å². The van der Waals surface area contributed by atoms with Crippen molar-refractivity contribution in [3.63, 3.8) is 0 Å². The monoisotopic (exact) mass is 276 g/mol. The van der Waals surface area contributed by atoms with Gasteiger partial charge in [0.05, 0.1) is 15.1 Å². The fraction of sp³-hybridized carbons (Fsp3) is 0.182. The second kappa shape index (κ2) is 4.28. The summed E-state index contributed by atoms with van der Waals surface area (Å²) in [5.74, 6) is 0.156. The van der Waals surface area contributed by atoms with Crippen LogP contribution in [0.25, 0.3) is 11.0 Å². The van der Waals surface area contributed by atoms with E-state index in [9.17, 15) is 4.79 Å². The van der Waals surface area contributed by atoms with Crippen molar-refractivity contribution >= 4 is 51.6 Å². The number of hydrogen-bond donors (Lipinski definition) is 0. The van der Waals surface area contributed by atoms with Crippen molar-refractivity contribution in [3.8, 4) is 0 Å². The van der Waals surface area contributed by atoms with Crippen LogP contribution in [0.4, 0.5) is 0 Å². The van der Waals surface area contributed by atoms with Gasteiger partial charge in [-0.1, -0.05) is 41.7 Å². The lowest BCUT2D eigenvalue weighted by Crippen LogP contribution is -1.92. The van der Waals surface area contributed by atoms with Gasteiger partial charge in [0.25, 0.3) is 0 Å². The summed E-state index contributed by atoms with van der Waals surface area (Å²) in [6.07, 6.45) is 0.364. The number of furan rings is 1. The molecule has 0 spiro atoms. The summed E-state index contributed by atoms with van der Waals surface area (Å²) in [6.45, 7) is 1.76. The number of rotatable bonds is 2. The minimum absolute atomic E-state index is 0.0977. The van der Waals surface area contributed by atoms with Gasteiger partial charge in [0.2, 0.25) is 0 Å². The van der Waals surface area contributed by atoms with Crippen molar-refractivity contribution < 1.29 is 9.21 Å². The van der Waals surface area contributed by atoms with E-state index in [1.165, 1.54) is 6.07 Å². The summed E-state index contributed by atoms with van der Waals surface area (Å²) < 4.78 is 5.36. The highest BCUT2D eigenvalue weighted by molar-refractivity contribution is 6.47. The zero-order valence-electron chi connectivity index (χ0n) is 8.31. The lowest BCUT2D eigenvalue weighted by atomic mass is 10.2. The van der Waals surface area contributed by atoms with Crippen LogP contribution in [0.3, 0.4) is 0 Å². The number of hydrogen-bond acceptors (Lipinski definition) is 2. The van der Waals surface area contributed by atoms with E-state index in [0.717, 1.165) is 0 Å². The SMILES string of the molecule is CCC(=O)c1cc2c(Cl)c(Cl)cc(Cl)c2o1. The molecule has 1 heterocycles. The van der Waals surface area contributed by atoms with Crippen LogP contribution in [0.15, 0.2) is 16.5 Å². The molecule has 0 aliphatic heterocycles. The van der Waals surface area contributed by atoms with Crippen LogP contribution in [0.1, 0.15) is 23.9 Å². The molecular weight excluding hydrogens is 270 g/mol. The van der Waals surface area contributed by atoms with Crippen molar-refractivity contribution in [2.75, 3.05) is 0 Å². The van der Waals surface area contributed by atoms with Crippen LogP contribution < -0.4 is 0 Å². The third kappa shape index (κ3) is 1.81. The number of halogens is 3. The molecule has 0 radical (unpaired) electrons. The number of carbonyl (C=O) groups is 1. The number of Topliss-reactive ketones (excluding diaryl/α,β-unsaturated/α-hetero) is 1. The van der Waals surface area contributed by atoms with Crippen LogP contribution in [-0.4, -0.2) is 5.78 Å². The Balaban J connectivity index is 2.74. The Morgan fingerprint density at radius 1 is 1.25 bits per heavy atom. The highest BCUT2D eigenvalue weighted by Crippen LogP contribution is 2.37. The largest absolute Gasteiger partial charge is 0.451 e. The number of ketones is 1. The Labute approximate surface area is 107 Å². The molecular formula is C11H7Cl3O2. The molecule has 0 aliphatic carbocycles. The van der Waals surface area contributed by atoms with Gasteiger partial charge < -0.3 is 4.42 Å². The molecule has 0 fully saturated rings. The molecule has 2 rings (SSSR count). The Morgan fingerprint density at radius 2 is 1.94 bits per heavy atom. The van der Waals surface area contributed by atoms with E-state index in [1.807, 2.05) is 0 Å². The van der Waals surface area contributed by atoms with E-state index in [1.54, 1.807) is 13.0 Å². The fourth-order valence-electron chi connectivity index (χ4n) is 1.41. The minimum Gasteiger partial charge on any atom is -0.451 e. The quantitative estimate of drug-likeness (QED) is 0.572. The molecule has 5 heteroatoms. The summed E-state index contributed by atoms with van der Waals surface area (Å²) in [5.41, 5.74) is 0.396. The van der Waals surface area contributed by atoms with Gasteiger partial charge >= 0.3 is 0 Å². The highest BCUT2D eigenvalue weighted by atomic mass is 35.5. The van der Waals surface area contributed by atoms with Gasteiger partial charge in [0.15, 0.2) is 17.1 Å². The van der Waals surface area contributed by atoms with Crippen LogP contribution >= 0.6 is 34.8 Å². The molecule has 0 N–H and O–H groups in total. The average molecular weight is 278 g/mol. The van der Waals surface area contributed by atoms with Crippen molar-refractivity contribution in [3.05, 3.63) is 33.0 Å². The molecule has 84 valence electrons. The predicted octanol–water partition coefficient (Wildman–Crippen LogP) is 4.99. The fourth-order valence-corrected chi connectivity index (χ4v) is 2.12. The molecule has 0 bridgehead atoms. The maximum Gasteiger partial charge on any atom is 0.197 e. The molecule has 0 saturated heterocycles. The van der Waals surface area contributed by atoms with Crippen LogP contribution in [0.5, 0.6) is 0 Å². The molecule has 16 heavy (non-hydrogen) atoms. The zero-order valence-corrected chi connectivity index (χ0v) is 10.6. The molecule has 0 aliphatic rings. The Bertz CT molecular complexity index is 572. The van der Waals surface area contributed by atoms with Gasteiger partial charge in [-0.15, -0.1) is 0 Å². The molecule has 0 unspecified atom stereocenters. The minimum atomic E-state index is -0.0977. The third-order valence-electron chi connectivity index (χ3n) is 2.24. The standard InChI is InChI=1S/C11H7Cl3O2/c1-2-8(15)9-3-5-10(14)6(12)4-7(13)11(5)16-9/h3-4H,2H2,1H3. The van der Waals surface area contributed by atoms with Crippen LogP contribution in [-0.2, 0) is 0 Å². The highest BCUT2D eigenvalue weighted by Gasteiger charge is 2.16. The second-order valence-electron chi connectivity index (χ2n) is 3.28. The smallest absolute Gasteiger partial charge is 0.197 e. The maximum absolute atomic E-state index is 11.5. The van der Waals surface area contributed by atoms with E-state index >= 15 is 0 Å². The molecule has 0 saturated carbocycles. The molecule has 1 aromatic carbocycles. The molecule has 1 aromatic heterocycles. The van der Waals surface area contributed by atoms with Crippen LogP contribution in [0.2, 0.25) is 15.1 Å². The first-order valence-electron chi connectivity index (χ1n) is 4.64. The first-order chi connectivity index (χ1) is 7.54. The summed E-state index contributed by atoms with van der Waals surface area (Å²) in [4.78, 5) is 11.5. The lowest BCUT2D eigenvalue weighted by Gasteiger charge is -1.97. The Morgan fingerprint density at radius 3 is 2.56 bits per heavy atom. The Hall–Kier alpha value is -0.700. The zero-order chi connectivity index (χ0) is 11.9. The third-order valence-corrected chi connectivity index (χ3v) is 3.33. The molecule has 0 amide bonds. The molecule has 2 nitrogen and oxygen atoms in total. The van der Waals surface area contributed by atoms with E-state index in [2.05, 4.69) is 0 Å². The summed E-state index contributed by atoms with van der Waals surface area (Å²) in [6, 6.07) is 3.07. The normalized spacial score (nSPS) is 11.0.